The number of amides is 1. The van der Waals surface area contributed by atoms with Gasteiger partial charge in [0.2, 0.25) is 11.1 Å². The number of likely N-dealkylation sites (N-methyl/N-ethyl adjacent to an activating group) is 1. The molecule has 0 atom stereocenters. The zero-order valence-electron chi connectivity index (χ0n) is 12.4. The van der Waals surface area contributed by atoms with E-state index in [1.54, 1.807) is 33.8 Å². The third-order valence-electron chi connectivity index (χ3n) is 3.45. The van der Waals surface area contributed by atoms with Crippen LogP contribution in [-0.2, 0) is 14.9 Å². The summed E-state index contributed by atoms with van der Waals surface area (Å²) in [6, 6.07) is 0. The molecule has 0 aliphatic carbocycles. The number of nitroso groups, excluding NO2 is 1. The Labute approximate surface area is 119 Å². The van der Waals surface area contributed by atoms with E-state index in [1.165, 1.54) is 11.9 Å². The van der Waals surface area contributed by atoms with Gasteiger partial charge < -0.3 is 4.90 Å². The Morgan fingerprint density at radius 2 is 1.85 bits per heavy atom. The zero-order chi connectivity index (χ0) is 15.9. The molecule has 1 heterocycles. The highest BCUT2D eigenvalue weighted by atomic mass is 32.2. The first-order valence-corrected chi connectivity index (χ1v) is 7.81. The summed E-state index contributed by atoms with van der Waals surface area (Å²) in [7, 11) is -2.69. The molecular weight excluding hydrogens is 284 g/mol. The van der Waals surface area contributed by atoms with Crippen molar-refractivity contribution in [1.82, 2.24) is 4.90 Å². The molecule has 0 saturated heterocycles. The average Bonchev–Trinajstić information content (AvgIpc) is 2.44. The lowest BCUT2D eigenvalue weighted by molar-refractivity contribution is -0.651. The number of nitrogens with zero attached hydrogens (tertiary/aromatic N) is 2. The summed E-state index contributed by atoms with van der Waals surface area (Å²) in [5.74, 6) is -0.946. The summed E-state index contributed by atoms with van der Waals surface area (Å²) >= 11 is 0. The van der Waals surface area contributed by atoms with E-state index >= 15 is 0 Å². The molecule has 1 amide bonds. The van der Waals surface area contributed by atoms with Crippen LogP contribution in [0.2, 0.25) is 0 Å². The summed E-state index contributed by atoms with van der Waals surface area (Å²) in [5, 5.41) is 0. The predicted molar refractivity (Wildman–Crippen MR) is 73.9 cm³/mol. The second-order valence-electron chi connectivity index (χ2n) is 6.08. The molecule has 0 spiro atoms. The zero-order valence-corrected chi connectivity index (χ0v) is 13.2. The number of carbonyl (C=O) groups excluding carboxylic acids is 1. The second-order valence-corrected chi connectivity index (χ2v) is 7.65. The van der Waals surface area contributed by atoms with E-state index in [1.807, 2.05) is 0 Å². The van der Waals surface area contributed by atoms with E-state index < -0.39 is 32.9 Å². The van der Waals surface area contributed by atoms with E-state index in [0.717, 1.165) is 4.76 Å². The topological polar surface area (TPSA) is 94.8 Å². The van der Waals surface area contributed by atoms with Crippen LogP contribution < -0.4 is 0 Å². The van der Waals surface area contributed by atoms with Crippen LogP contribution in [0.4, 0.5) is 0 Å². The summed E-state index contributed by atoms with van der Waals surface area (Å²) in [6.07, 6.45) is 1.60. The Hall–Kier alpha value is -1.28. The number of carbonyl (C=O) groups is 1. The Kier molecular flexibility index (Phi) is 4.13. The van der Waals surface area contributed by atoms with Gasteiger partial charge >= 0.3 is 0 Å². The van der Waals surface area contributed by atoms with Crippen LogP contribution in [0.1, 0.15) is 27.7 Å². The molecule has 0 bridgehead atoms. The lowest BCUT2D eigenvalue weighted by Gasteiger charge is -2.21. The van der Waals surface area contributed by atoms with E-state index in [0.29, 0.717) is 5.57 Å². The molecule has 20 heavy (non-hydrogen) atoms. The maximum absolute atomic E-state index is 12.3. The van der Waals surface area contributed by atoms with E-state index in [2.05, 4.69) is 0 Å². The fourth-order valence-electron chi connectivity index (χ4n) is 2.30. The SMILES string of the molecule is CN(CCS(=O)(=O)O)C(=O)C1=CC(C)(C)[N+](=O)C1(C)C. The van der Waals surface area contributed by atoms with Crippen molar-refractivity contribution in [2.45, 2.75) is 38.8 Å². The van der Waals surface area contributed by atoms with Crippen LogP contribution >= 0.6 is 0 Å². The van der Waals surface area contributed by atoms with Crippen LogP contribution in [0, 0.1) is 4.91 Å². The van der Waals surface area contributed by atoms with Gasteiger partial charge in [0.1, 0.15) is 0 Å². The smallest absolute Gasteiger partial charge is 0.266 e. The van der Waals surface area contributed by atoms with E-state index in [9.17, 15) is 18.1 Å². The first-order chi connectivity index (χ1) is 8.79. The molecule has 114 valence electrons. The van der Waals surface area contributed by atoms with Gasteiger partial charge in [-0.25, -0.2) is 0 Å². The van der Waals surface area contributed by atoms with Crippen molar-refractivity contribution in [3.05, 3.63) is 16.6 Å². The predicted octanol–water partition coefficient (Wildman–Crippen LogP) is 0.609. The maximum Gasteiger partial charge on any atom is 0.266 e. The Balaban J connectivity index is 2.95. The number of hydrogen-bond acceptors (Lipinski definition) is 4. The van der Waals surface area contributed by atoms with Crippen molar-refractivity contribution < 1.29 is 22.5 Å². The molecular formula is C12H21N2O5S+. The third kappa shape index (κ3) is 3.24. The van der Waals surface area contributed by atoms with Crippen molar-refractivity contribution >= 4 is 16.0 Å². The van der Waals surface area contributed by atoms with Gasteiger partial charge in [0, 0.05) is 57.0 Å². The molecule has 1 rings (SSSR count). The van der Waals surface area contributed by atoms with Gasteiger partial charge in [-0.15, -0.1) is 0 Å². The van der Waals surface area contributed by atoms with Crippen LogP contribution in [0.5, 0.6) is 0 Å². The first kappa shape index (κ1) is 16.8. The highest BCUT2D eigenvalue weighted by Crippen LogP contribution is 2.36. The van der Waals surface area contributed by atoms with E-state index in [4.69, 9.17) is 4.55 Å². The third-order valence-corrected chi connectivity index (χ3v) is 4.15. The molecule has 1 N–H and O–H groups in total. The van der Waals surface area contributed by atoms with Crippen molar-refractivity contribution in [2.75, 3.05) is 19.3 Å². The van der Waals surface area contributed by atoms with Crippen molar-refractivity contribution in [1.29, 1.82) is 0 Å². The Bertz CT molecular complexity index is 575. The average molecular weight is 305 g/mol. The van der Waals surface area contributed by atoms with Gasteiger partial charge in [0.15, 0.2) is 0 Å². The van der Waals surface area contributed by atoms with Crippen LogP contribution in [0.3, 0.4) is 0 Å². The summed E-state index contributed by atoms with van der Waals surface area (Å²) in [4.78, 5) is 25.7. The van der Waals surface area contributed by atoms with Crippen molar-refractivity contribution in [3.8, 4) is 0 Å². The molecule has 0 saturated carbocycles. The monoisotopic (exact) mass is 305 g/mol. The largest absolute Gasteiger partial charge is 0.341 e. The van der Waals surface area contributed by atoms with Gasteiger partial charge in [-0.1, -0.05) is 0 Å². The van der Waals surface area contributed by atoms with Crippen molar-refractivity contribution in [2.24, 2.45) is 0 Å². The second kappa shape index (κ2) is 4.92. The lowest BCUT2D eigenvalue weighted by Crippen LogP contribution is -2.44. The molecule has 0 aromatic heterocycles. The summed E-state index contributed by atoms with van der Waals surface area (Å²) in [5.41, 5.74) is -1.44. The highest BCUT2D eigenvalue weighted by molar-refractivity contribution is 7.85. The normalized spacial score (nSPS) is 20.7. The quantitative estimate of drug-likeness (QED) is 0.606. The summed E-state index contributed by atoms with van der Waals surface area (Å²) < 4.78 is 31.0. The Morgan fingerprint density at radius 1 is 1.35 bits per heavy atom. The fraction of sp³-hybridized carbons (Fsp3) is 0.750. The van der Waals surface area contributed by atoms with Crippen molar-refractivity contribution in [3.63, 3.8) is 0 Å². The van der Waals surface area contributed by atoms with Crippen LogP contribution in [-0.4, -0.2) is 59.0 Å². The van der Waals surface area contributed by atoms with Crippen LogP contribution in [0.25, 0.3) is 0 Å². The van der Waals surface area contributed by atoms with Gasteiger partial charge in [-0.3, -0.25) is 9.35 Å². The van der Waals surface area contributed by atoms with Gasteiger partial charge in [0.25, 0.3) is 16.0 Å². The molecule has 0 fully saturated rings. The molecule has 0 radical (unpaired) electrons. The molecule has 1 aliphatic rings. The fourth-order valence-corrected chi connectivity index (χ4v) is 2.81. The molecule has 0 aromatic carbocycles. The molecule has 0 aromatic rings. The minimum atomic E-state index is -4.12. The highest BCUT2D eigenvalue weighted by Gasteiger charge is 2.57. The van der Waals surface area contributed by atoms with E-state index in [-0.39, 0.29) is 6.54 Å². The lowest BCUT2D eigenvalue weighted by atomic mass is 9.95. The van der Waals surface area contributed by atoms with Crippen LogP contribution in [0.15, 0.2) is 11.6 Å². The first-order valence-electron chi connectivity index (χ1n) is 6.20. The minimum absolute atomic E-state index is 0.135. The molecule has 8 heteroatoms. The molecule has 7 nitrogen and oxygen atoms in total. The Morgan fingerprint density at radius 3 is 2.20 bits per heavy atom. The number of hydrogen-bond donors (Lipinski definition) is 1. The number of rotatable bonds is 4. The van der Waals surface area contributed by atoms with Gasteiger partial charge in [0.05, 0.1) is 11.3 Å². The molecule has 0 unspecified atom stereocenters. The summed E-state index contributed by atoms with van der Waals surface area (Å²) in [6.45, 7) is 6.58. The molecule has 1 aliphatic heterocycles. The van der Waals surface area contributed by atoms with Gasteiger partial charge in [-0.05, 0) is 0 Å². The van der Waals surface area contributed by atoms with Gasteiger partial charge in [-0.2, -0.15) is 8.42 Å². The standard InChI is InChI=1S/C12H20N2O5S/c1-11(2)8-9(12(3,4)14(11)16)10(15)13(5)6-7-20(17,18)19/h8H,6-7H2,1-5H3/p+1. The maximum atomic E-state index is 12.3. The minimum Gasteiger partial charge on any atom is -0.341 e.